The normalized spacial score (nSPS) is 10.2. The Morgan fingerprint density at radius 2 is 2.21 bits per heavy atom. The quantitative estimate of drug-likeness (QED) is 0.873. The second kappa shape index (κ2) is 5.21. The lowest BCUT2D eigenvalue weighted by Gasteiger charge is -2.06. The summed E-state index contributed by atoms with van der Waals surface area (Å²) in [4.78, 5) is 27.2. The van der Waals surface area contributed by atoms with E-state index in [4.69, 9.17) is 5.26 Å². The van der Waals surface area contributed by atoms with E-state index in [1.165, 1.54) is 17.4 Å². The number of ketones is 1. The van der Waals surface area contributed by atoms with Crippen LogP contribution in [0.25, 0.3) is 10.6 Å². The lowest BCUT2D eigenvalue weighted by Crippen LogP contribution is -2.15. The zero-order valence-corrected chi connectivity index (χ0v) is 11.4. The molecule has 0 radical (unpaired) electrons. The number of nitrogens with one attached hydrogen (secondary N) is 1. The summed E-state index contributed by atoms with van der Waals surface area (Å²) in [5.74, 6) is -0.0891. The van der Waals surface area contributed by atoms with Crippen LogP contribution in [0.1, 0.15) is 34.8 Å². The minimum atomic E-state index is -0.462. The molecule has 0 saturated heterocycles. The Labute approximate surface area is 114 Å². The number of aromatic amines is 1. The zero-order valence-electron chi connectivity index (χ0n) is 10.6. The van der Waals surface area contributed by atoms with Crippen molar-refractivity contribution in [1.29, 1.82) is 5.26 Å². The van der Waals surface area contributed by atoms with Gasteiger partial charge in [0.1, 0.15) is 11.6 Å². The Balaban J connectivity index is 2.72. The monoisotopic (exact) mass is 272 g/mol. The lowest BCUT2D eigenvalue weighted by molar-refractivity contribution is 0.0988. The first-order valence-electron chi connectivity index (χ1n) is 5.83. The van der Waals surface area contributed by atoms with E-state index < -0.39 is 5.56 Å². The van der Waals surface area contributed by atoms with Crippen LogP contribution in [0.15, 0.2) is 22.3 Å². The van der Waals surface area contributed by atoms with Crippen LogP contribution in [-0.2, 0) is 0 Å². The van der Waals surface area contributed by atoms with Crippen molar-refractivity contribution in [2.45, 2.75) is 20.3 Å². The number of hydrogen-bond acceptors (Lipinski definition) is 4. The number of Topliss-reactive ketones (excluding diaryl/α,β-unsaturated/α-hetero) is 1. The molecule has 0 fully saturated rings. The molecule has 0 amide bonds. The smallest absolute Gasteiger partial charge is 0.266 e. The van der Waals surface area contributed by atoms with Crippen molar-refractivity contribution < 1.29 is 4.79 Å². The van der Waals surface area contributed by atoms with Gasteiger partial charge in [-0.3, -0.25) is 9.59 Å². The summed E-state index contributed by atoms with van der Waals surface area (Å²) >= 11 is 1.46. The van der Waals surface area contributed by atoms with Crippen LogP contribution in [0.5, 0.6) is 0 Å². The number of rotatable bonds is 3. The Bertz CT molecular complexity index is 735. The van der Waals surface area contributed by atoms with Gasteiger partial charge in [-0.25, -0.2) is 0 Å². The van der Waals surface area contributed by atoms with E-state index in [0.29, 0.717) is 17.7 Å². The second-order valence-corrected chi connectivity index (χ2v) is 5.09. The lowest BCUT2D eigenvalue weighted by atomic mass is 10.0. The highest BCUT2D eigenvalue weighted by Crippen LogP contribution is 2.28. The summed E-state index contributed by atoms with van der Waals surface area (Å²) < 4.78 is 0. The molecule has 1 N–H and O–H groups in total. The van der Waals surface area contributed by atoms with Gasteiger partial charge in [-0.15, -0.1) is 11.3 Å². The molecule has 0 spiro atoms. The molecular weight excluding hydrogens is 260 g/mol. The third-order valence-corrected chi connectivity index (χ3v) is 3.83. The molecule has 0 aliphatic carbocycles. The number of aryl methyl sites for hydroxylation is 1. The fraction of sp³-hybridized carbons (Fsp3) is 0.214. The van der Waals surface area contributed by atoms with Gasteiger partial charge in [0, 0.05) is 12.0 Å². The first-order valence-corrected chi connectivity index (χ1v) is 6.71. The molecule has 0 aliphatic rings. The zero-order chi connectivity index (χ0) is 14.0. The number of nitrogens with zero attached hydrogens (tertiary/aromatic N) is 1. The summed E-state index contributed by atoms with van der Waals surface area (Å²) in [6.45, 7) is 3.70. The van der Waals surface area contributed by atoms with Gasteiger partial charge in [-0.05, 0) is 30.0 Å². The van der Waals surface area contributed by atoms with Crippen LogP contribution >= 0.6 is 11.3 Å². The van der Waals surface area contributed by atoms with Crippen molar-refractivity contribution in [2.24, 2.45) is 0 Å². The average molecular weight is 272 g/mol. The number of H-pyrrole nitrogens is 1. The maximum absolute atomic E-state index is 12.0. The molecule has 19 heavy (non-hydrogen) atoms. The molecule has 0 atom stereocenters. The minimum absolute atomic E-state index is 0.0335. The van der Waals surface area contributed by atoms with Gasteiger partial charge in [0.05, 0.1) is 10.6 Å². The predicted octanol–water partition coefficient (Wildman–Crippen LogP) is 2.88. The van der Waals surface area contributed by atoms with E-state index >= 15 is 0 Å². The number of hydrogen-bond donors (Lipinski definition) is 1. The summed E-state index contributed by atoms with van der Waals surface area (Å²) in [5.41, 5.74) is 1.49. The molecule has 0 aliphatic heterocycles. The third kappa shape index (κ3) is 2.49. The van der Waals surface area contributed by atoms with Gasteiger partial charge >= 0.3 is 0 Å². The van der Waals surface area contributed by atoms with Crippen molar-refractivity contribution >= 4 is 17.1 Å². The fourth-order valence-corrected chi connectivity index (χ4v) is 2.69. The molecule has 0 aromatic carbocycles. The standard InChI is InChI=1S/C14H12N2O2S/c1-3-11(17)10-5-9(6-15)14(18)16-13(10)12-4-8(2)7-19-12/h4-5,7H,3H2,1-2H3,(H,16,18). The molecule has 0 bridgehead atoms. The van der Waals surface area contributed by atoms with Crippen LogP contribution in [0.2, 0.25) is 0 Å². The number of nitriles is 1. The molecule has 4 nitrogen and oxygen atoms in total. The van der Waals surface area contributed by atoms with Gasteiger partial charge in [0.2, 0.25) is 0 Å². The first kappa shape index (κ1) is 13.2. The SMILES string of the molecule is CCC(=O)c1cc(C#N)c(=O)[nH]c1-c1cc(C)cs1. The topological polar surface area (TPSA) is 73.7 Å². The number of carbonyl (C=O) groups is 1. The van der Waals surface area contributed by atoms with E-state index in [1.54, 1.807) is 13.0 Å². The summed E-state index contributed by atoms with van der Waals surface area (Å²) in [6.07, 6.45) is 0.328. The molecule has 5 heteroatoms. The number of pyridine rings is 1. The van der Waals surface area contributed by atoms with E-state index in [2.05, 4.69) is 4.98 Å². The molecule has 2 rings (SSSR count). The molecular formula is C14H12N2O2S. The van der Waals surface area contributed by atoms with Gasteiger partial charge in [-0.2, -0.15) is 5.26 Å². The third-order valence-electron chi connectivity index (χ3n) is 2.76. The van der Waals surface area contributed by atoms with Crippen molar-refractivity contribution in [1.82, 2.24) is 4.98 Å². The van der Waals surface area contributed by atoms with Crippen LogP contribution < -0.4 is 5.56 Å². The van der Waals surface area contributed by atoms with Gasteiger partial charge in [-0.1, -0.05) is 6.92 Å². The van der Waals surface area contributed by atoms with Gasteiger partial charge in [0.15, 0.2) is 5.78 Å². The predicted molar refractivity (Wildman–Crippen MR) is 74.4 cm³/mol. The first-order chi connectivity index (χ1) is 9.06. The maximum Gasteiger partial charge on any atom is 0.266 e. The summed E-state index contributed by atoms with van der Waals surface area (Å²) in [5, 5.41) is 10.8. The minimum Gasteiger partial charge on any atom is -0.319 e. The Morgan fingerprint density at radius 3 is 2.74 bits per heavy atom. The molecule has 2 heterocycles. The van der Waals surface area contributed by atoms with Gasteiger partial charge < -0.3 is 4.98 Å². The van der Waals surface area contributed by atoms with Crippen LogP contribution in [-0.4, -0.2) is 10.8 Å². The van der Waals surface area contributed by atoms with E-state index in [0.717, 1.165) is 10.4 Å². The van der Waals surface area contributed by atoms with E-state index in [1.807, 2.05) is 18.4 Å². The van der Waals surface area contributed by atoms with Crippen molar-refractivity contribution in [3.63, 3.8) is 0 Å². The van der Waals surface area contributed by atoms with Gasteiger partial charge in [0.25, 0.3) is 5.56 Å². The second-order valence-electron chi connectivity index (χ2n) is 4.18. The van der Waals surface area contributed by atoms with Crippen LogP contribution in [0.4, 0.5) is 0 Å². The average Bonchev–Trinajstić information content (AvgIpc) is 2.84. The molecule has 0 saturated carbocycles. The highest BCUT2D eigenvalue weighted by molar-refractivity contribution is 7.13. The van der Waals surface area contributed by atoms with Crippen molar-refractivity contribution in [2.75, 3.05) is 0 Å². The summed E-state index contributed by atoms with van der Waals surface area (Å²) in [7, 11) is 0. The van der Waals surface area contributed by atoms with Crippen LogP contribution in [0.3, 0.4) is 0 Å². The molecule has 0 unspecified atom stereocenters. The molecule has 2 aromatic rings. The number of aromatic nitrogens is 1. The van der Waals surface area contributed by atoms with E-state index in [9.17, 15) is 9.59 Å². The maximum atomic E-state index is 12.0. The Hall–Kier alpha value is -2.19. The Kier molecular flexibility index (Phi) is 3.63. The Morgan fingerprint density at radius 1 is 1.47 bits per heavy atom. The van der Waals surface area contributed by atoms with Crippen molar-refractivity contribution in [3.05, 3.63) is 44.6 Å². The van der Waals surface area contributed by atoms with Crippen LogP contribution in [0, 0.1) is 18.3 Å². The fourth-order valence-electron chi connectivity index (χ4n) is 1.78. The largest absolute Gasteiger partial charge is 0.319 e. The van der Waals surface area contributed by atoms with E-state index in [-0.39, 0.29) is 11.3 Å². The summed E-state index contributed by atoms with van der Waals surface area (Å²) in [6, 6.07) is 5.10. The number of thiophene rings is 1. The highest BCUT2D eigenvalue weighted by Gasteiger charge is 2.16. The number of carbonyl (C=O) groups excluding carboxylic acids is 1. The highest BCUT2D eigenvalue weighted by atomic mass is 32.1. The molecule has 96 valence electrons. The van der Waals surface area contributed by atoms with Crippen molar-refractivity contribution in [3.8, 4) is 16.6 Å². The molecule has 2 aromatic heterocycles.